The monoisotopic (exact) mass is 342 g/mol. The number of nitro benzene ring substituents is 1. The van der Waals surface area contributed by atoms with Gasteiger partial charge in [-0.15, -0.1) is 0 Å². The smallest absolute Gasteiger partial charge is 0.271 e. The summed E-state index contributed by atoms with van der Waals surface area (Å²) in [5.74, 6) is 0.517. The van der Waals surface area contributed by atoms with Gasteiger partial charge in [0.25, 0.3) is 11.6 Å². The first kappa shape index (κ1) is 18.0. The van der Waals surface area contributed by atoms with E-state index in [0.717, 1.165) is 5.56 Å². The topological polar surface area (TPSA) is 90.7 Å². The number of methoxy groups -OCH3 is 1. The number of anilines is 1. The third-order valence-electron chi connectivity index (χ3n) is 3.25. The van der Waals surface area contributed by atoms with Crippen LogP contribution in [0.25, 0.3) is 6.08 Å². The molecule has 0 heterocycles. The van der Waals surface area contributed by atoms with Crippen LogP contribution in [0.4, 0.5) is 11.4 Å². The highest BCUT2D eigenvalue weighted by Crippen LogP contribution is 2.28. The molecule has 1 N–H and O–H groups in total. The standard InChI is InChI=1S/C18H18N2O5/c1-3-5-13-8-9-16(17(10-13)24-2)25-12-18(21)19-14-6-4-7-15(11-14)20(22)23/h3-11H,12H2,1-2H3,(H,19,21)/b5-3+. The molecule has 0 unspecified atom stereocenters. The molecule has 2 aromatic rings. The Morgan fingerprint density at radius 2 is 2.04 bits per heavy atom. The fourth-order valence-corrected chi connectivity index (χ4v) is 2.14. The number of rotatable bonds is 7. The predicted molar refractivity (Wildman–Crippen MR) is 94.9 cm³/mol. The van der Waals surface area contributed by atoms with Gasteiger partial charge >= 0.3 is 0 Å². The number of nitro groups is 1. The highest BCUT2D eigenvalue weighted by atomic mass is 16.6. The van der Waals surface area contributed by atoms with Crippen molar-refractivity contribution in [2.24, 2.45) is 0 Å². The molecule has 130 valence electrons. The van der Waals surface area contributed by atoms with Gasteiger partial charge in [0.15, 0.2) is 18.1 Å². The number of non-ortho nitro benzene ring substituents is 1. The maximum absolute atomic E-state index is 12.0. The number of hydrogen-bond donors (Lipinski definition) is 1. The van der Waals surface area contributed by atoms with Crippen molar-refractivity contribution in [2.75, 3.05) is 19.0 Å². The van der Waals surface area contributed by atoms with Gasteiger partial charge in [-0.1, -0.05) is 24.3 Å². The van der Waals surface area contributed by atoms with Gasteiger partial charge in [-0.2, -0.15) is 0 Å². The number of carbonyl (C=O) groups is 1. The molecule has 0 saturated carbocycles. The number of nitrogens with one attached hydrogen (secondary N) is 1. The maximum Gasteiger partial charge on any atom is 0.271 e. The van der Waals surface area contributed by atoms with Gasteiger partial charge in [0.2, 0.25) is 0 Å². The van der Waals surface area contributed by atoms with Gasteiger partial charge in [-0.05, 0) is 30.7 Å². The first-order chi connectivity index (χ1) is 12.0. The molecule has 0 atom stereocenters. The second kappa shape index (κ2) is 8.49. The van der Waals surface area contributed by atoms with Crippen molar-refractivity contribution in [3.63, 3.8) is 0 Å². The van der Waals surface area contributed by atoms with Crippen molar-refractivity contribution in [2.45, 2.75) is 6.92 Å². The van der Waals surface area contributed by atoms with Crippen molar-refractivity contribution < 1.29 is 19.2 Å². The van der Waals surface area contributed by atoms with Gasteiger partial charge in [-0.25, -0.2) is 0 Å². The minimum absolute atomic E-state index is 0.0973. The summed E-state index contributed by atoms with van der Waals surface area (Å²) in [5, 5.41) is 13.3. The molecule has 7 heteroatoms. The van der Waals surface area contributed by atoms with Gasteiger partial charge in [0.1, 0.15) is 0 Å². The van der Waals surface area contributed by atoms with E-state index in [-0.39, 0.29) is 12.3 Å². The molecular weight excluding hydrogens is 324 g/mol. The van der Waals surface area contributed by atoms with E-state index in [2.05, 4.69) is 5.32 Å². The Morgan fingerprint density at radius 3 is 2.72 bits per heavy atom. The van der Waals surface area contributed by atoms with Crippen molar-refractivity contribution in [1.82, 2.24) is 0 Å². The molecule has 0 aliphatic rings. The van der Waals surface area contributed by atoms with Gasteiger partial charge in [0.05, 0.1) is 12.0 Å². The van der Waals surface area contributed by atoms with Crippen molar-refractivity contribution in [1.29, 1.82) is 0 Å². The summed E-state index contributed by atoms with van der Waals surface area (Å²) < 4.78 is 10.7. The fourth-order valence-electron chi connectivity index (χ4n) is 2.14. The van der Waals surface area contributed by atoms with E-state index >= 15 is 0 Å². The number of benzene rings is 2. The normalized spacial score (nSPS) is 10.5. The lowest BCUT2D eigenvalue weighted by Gasteiger charge is -2.11. The predicted octanol–water partition coefficient (Wildman–Crippen LogP) is 3.65. The molecule has 0 spiro atoms. The molecule has 2 aromatic carbocycles. The van der Waals surface area contributed by atoms with Crippen LogP contribution in [-0.4, -0.2) is 24.5 Å². The van der Waals surface area contributed by atoms with Crippen LogP contribution in [-0.2, 0) is 4.79 Å². The molecule has 7 nitrogen and oxygen atoms in total. The van der Waals surface area contributed by atoms with Crippen molar-refractivity contribution in [3.05, 3.63) is 64.2 Å². The highest BCUT2D eigenvalue weighted by molar-refractivity contribution is 5.92. The Kier molecular flexibility index (Phi) is 6.11. The molecule has 2 rings (SSSR count). The maximum atomic E-state index is 12.0. The Balaban J connectivity index is 2.00. The fraction of sp³-hybridized carbons (Fsp3) is 0.167. The Labute approximate surface area is 145 Å². The first-order valence-electron chi connectivity index (χ1n) is 7.51. The van der Waals surface area contributed by atoms with Crippen LogP contribution in [0, 0.1) is 10.1 Å². The zero-order chi connectivity index (χ0) is 18.2. The number of carbonyl (C=O) groups excluding carboxylic acids is 1. The summed E-state index contributed by atoms with van der Waals surface area (Å²) in [6.07, 6.45) is 3.82. The van der Waals surface area contributed by atoms with Crippen LogP contribution in [0.1, 0.15) is 12.5 Å². The van der Waals surface area contributed by atoms with Crippen LogP contribution in [0.5, 0.6) is 11.5 Å². The van der Waals surface area contributed by atoms with Crippen LogP contribution >= 0.6 is 0 Å². The number of hydrogen-bond acceptors (Lipinski definition) is 5. The van der Waals surface area contributed by atoms with Crippen molar-refractivity contribution in [3.8, 4) is 11.5 Å². The molecule has 0 saturated heterocycles. The molecule has 0 fully saturated rings. The van der Waals surface area contributed by atoms with E-state index in [4.69, 9.17) is 9.47 Å². The minimum Gasteiger partial charge on any atom is -0.493 e. The summed E-state index contributed by atoms with van der Waals surface area (Å²) >= 11 is 0. The van der Waals surface area contributed by atoms with E-state index in [0.29, 0.717) is 17.2 Å². The number of amides is 1. The third-order valence-corrected chi connectivity index (χ3v) is 3.25. The molecular formula is C18H18N2O5. The molecule has 0 aliphatic heterocycles. The lowest BCUT2D eigenvalue weighted by atomic mass is 10.2. The first-order valence-corrected chi connectivity index (χ1v) is 7.51. The zero-order valence-corrected chi connectivity index (χ0v) is 13.9. The number of allylic oxidation sites excluding steroid dienone is 1. The SMILES string of the molecule is C/C=C/c1ccc(OCC(=O)Nc2cccc([N+](=O)[O-])c2)c(OC)c1. The van der Waals surface area contributed by atoms with Gasteiger partial charge < -0.3 is 14.8 Å². The summed E-state index contributed by atoms with van der Waals surface area (Å²) in [4.78, 5) is 22.2. The molecule has 25 heavy (non-hydrogen) atoms. The molecule has 1 amide bonds. The molecule has 0 radical (unpaired) electrons. The van der Waals surface area contributed by atoms with Crippen molar-refractivity contribution >= 4 is 23.4 Å². The van der Waals surface area contributed by atoms with Crippen LogP contribution in [0.15, 0.2) is 48.5 Å². The van der Waals surface area contributed by atoms with E-state index in [1.807, 2.05) is 25.1 Å². The van der Waals surface area contributed by atoms with Crippen LogP contribution in [0.3, 0.4) is 0 Å². The van der Waals surface area contributed by atoms with Gasteiger partial charge in [-0.3, -0.25) is 14.9 Å². The highest BCUT2D eigenvalue weighted by Gasteiger charge is 2.10. The Hall–Kier alpha value is -3.35. The lowest BCUT2D eigenvalue weighted by molar-refractivity contribution is -0.384. The summed E-state index contributed by atoms with van der Waals surface area (Å²) in [6.45, 7) is 1.66. The second-order valence-corrected chi connectivity index (χ2v) is 5.05. The average Bonchev–Trinajstić information content (AvgIpc) is 2.61. The molecule has 0 bridgehead atoms. The summed E-state index contributed by atoms with van der Waals surface area (Å²) in [7, 11) is 1.52. The number of ether oxygens (including phenoxy) is 2. The quantitative estimate of drug-likeness (QED) is 0.612. The Morgan fingerprint density at radius 1 is 1.24 bits per heavy atom. The third kappa shape index (κ3) is 5.07. The van der Waals surface area contributed by atoms with E-state index in [1.165, 1.54) is 25.3 Å². The average molecular weight is 342 g/mol. The van der Waals surface area contributed by atoms with Crippen LogP contribution in [0.2, 0.25) is 0 Å². The van der Waals surface area contributed by atoms with E-state index in [9.17, 15) is 14.9 Å². The Bertz CT molecular complexity index is 802. The molecule has 0 aliphatic carbocycles. The zero-order valence-electron chi connectivity index (χ0n) is 13.9. The lowest BCUT2D eigenvalue weighted by Crippen LogP contribution is -2.20. The minimum atomic E-state index is -0.524. The molecule has 0 aromatic heterocycles. The van der Waals surface area contributed by atoms with Crippen LogP contribution < -0.4 is 14.8 Å². The van der Waals surface area contributed by atoms with E-state index < -0.39 is 10.8 Å². The van der Waals surface area contributed by atoms with E-state index in [1.54, 1.807) is 18.2 Å². The summed E-state index contributed by atoms with van der Waals surface area (Å²) in [6, 6.07) is 11.1. The summed E-state index contributed by atoms with van der Waals surface area (Å²) in [5.41, 5.74) is 1.19. The number of nitrogens with zero attached hydrogens (tertiary/aromatic N) is 1. The largest absolute Gasteiger partial charge is 0.493 e. The second-order valence-electron chi connectivity index (χ2n) is 5.05. The van der Waals surface area contributed by atoms with Gasteiger partial charge in [0, 0.05) is 17.8 Å².